The van der Waals surface area contributed by atoms with Gasteiger partial charge in [-0.1, -0.05) is 18.2 Å². The highest BCUT2D eigenvalue weighted by Crippen LogP contribution is 2.31. The number of benzene rings is 2. The SMILES string of the molecule is Cc1nc(N(C)c2cccc(Oc3ncc(C(=O)O)cn3)c2)c2ccccc2n1. The first-order valence-electron chi connectivity index (χ1n) is 8.81. The fraction of sp³-hybridized carbons (Fsp3) is 0.0952. The standard InChI is InChI=1S/C21H17N5O3/c1-13-24-18-9-4-3-8-17(18)19(25-13)26(2)15-6-5-7-16(10-15)29-21-22-11-14(12-23-21)20(27)28/h3-12H,1-2H3,(H,27,28). The predicted molar refractivity (Wildman–Crippen MR) is 108 cm³/mol. The Labute approximate surface area is 166 Å². The summed E-state index contributed by atoms with van der Waals surface area (Å²) in [5, 5.41) is 9.87. The van der Waals surface area contributed by atoms with Crippen molar-refractivity contribution in [1.82, 2.24) is 19.9 Å². The molecule has 0 saturated heterocycles. The van der Waals surface area contributed by atoms with Crippen LogP contribution in [0.2, 0.25) is 0 Å². The fourth-order valence-corrected chi connectivity index (χ4v) is 2.89. The minimum absolute atomic E-state index is 0.00292. The van der Waals surface area contributed by atoms with Crippen LogP contribution >= 0.6 is 0 Å². The Bertz CT molecular complexity index is 1190. The quantitative estimate of drug-likeness (QED) is 0.549. The molecule has 8 heteroatoms. The van der Waals surface area contributed by atoms with Gasteiger partial charge in [-0.05, 0) is 31.2 Å². The van der Waals surface area contributed by atoms with Gasteiger partial charge < -0.3 is 14.7 Å². The molecule has 0 aliphatic rings. The van der Waals surface area contributed by atoms with Crippen LogP contribution in [0.15, 0.2) is 60.9 Å². The van der Waals surface area contributed by atoms with Gasteiger partial charge in [0, 0.05) is 36.6 Å². The number of fused-ring (bicyclic) bond motifs is 1. The molecule has 1 N–H and O–H groups in total. The maximum absolute atomic E-state index is 10.9. The zero-order valence-corrected chi connectivity index (χ0v) is 15.8. The summed E-state index contributed by atoms with van der Waals surface area (Å²) in [4.78, 5) is 29.8. The number of carboxylic acid groups (broad SMARTS) is 1. The number of hydrogen-bond donors (Lipinski definition) is 1. The summed E-state index contributed by atoms with van der Waals surface area (Å²) in [6.45, 7) is 1.86. The molecule has 144 valence electrons. The lowest BCUT2D eigenvalue weighted by molar-refractivity contribution is 0.0696. The highest BCUT2D eigenvalue weighted by Gasteiger charge is 2.13. The third kappa shape index (κ3) is 3.81. The summed E-state index contributed by atoms with van der Waals surface area (Å²) in [5.41, 5.74) is 1.73. The van der Waals surface area contributed by atoms with Gasteiger partial charge in [0.2, 0.25) is 0 Å². The topological polar surface area (TPSA) is 101 Å². The number of rotatable bonds is 5. The molecule has 2 heterocycles. The van der Waals surface area contributed by atoms with Crippen LogP contribution in [0.1, 0.15) is 16.2 Å². The average Bonchev–Trinajstić information content (AvgIpc) is 2.73. The second kappa shape index (κ2) is 7.51. The molecular weight excluding hydrogens is 370 g/mol. The molecule has 0 atom stereocenters. The molecule has 0 bridgehead atoms. The molecule has 2 aromatic heterocycles. The minimum atomic E-state index is -1.09. The van der Waals surface area contributed by atoms with Gasteiger partial charge >= 0.3 is 12.0 Å². The number of anilines is 2. The van der Waals surface area contributed by atoms with Gasteiger partial charge in [-0.2, -0.15) is 0 Å². The van der Waals surface area contributed by atoms with Gasteiger partial charge in [0.25, 0.3) is 0 Å². The summed E-state index contributed by atoms with van der Waals surface area (Å²) < 4.78 is 5.68. The van der Waals surface area contributed by atoms with Crippen LogP contribution in [-0.2, 0) is 0 Å². The maximum atomic E-state index is 10.9. The normalized spacial score (nSPS) is 10.7. The summed E-state index contributed by atoms with van der Waals surface area (Å²) >= 11 is 0. The van der Waals surface area contributed by atoms with E-state index in [4.69, 9.17) is 9.84 Å². The number of aromatic carboxylic acids is 1. The molecule has 0 amide bonds. The molecule has 8 nitrogen and oxygen atoms in total. The third-order valence-corrected chi connectivity index (χ3v) is 4.30. The fourth-order valence-electron chi connectivity index (χ4n) is 2.89. The highest BCUT2D eigenvalue weighted by molar-refractivity contribution is 5.91. The molecule has 0 aliphatic heterocycles. The highest BCUT2D eigenvalue weighted by atomic mass is 16.5. The van der Waals surface area contributed by atoms with Gasteiger partial charge in [-0.3, -0.25) is 0 Å². The van der Waals surface area contributed by atoms with E-state index in [1.165, 1.54) is 12.4 Å². The second-order valence-corrected chi connectivity index (χ2v) is 6.33. The molecule has 0 saturated carbocycles. The first-order valence-corrected chi connectivity index (χ1v) is 8.81. The average molecular weight is 387 g/mol. The van der Waals surface area contributed by atoms with E-state index in [0.29, 0.717) is 11.6 Å². The molecular formula is C21H17N5O3. The lowest BCUT2D eigenvalue weighted by Crippen LogP contribution is -2.13. The van der Waals surface area contributed by atoms with E-state index in [2.05, 4.69) is 19.9 Å². The van der Waals surface area contributed by atoms with Crippen molar-refractivity contribution in [2.24, 2.45) is 0 Å². The predicted octanol–water partition coefficient (Wildman–Crippen LogP) is 3.99. The van der Waals surface area contributed by atoms with Crippen molar-refractivity contribution in [2.45, 2.75) is 6.92 Å². The summed E-state index contributed by atoms with van der Waals surface area (Å²) in [5.74, 6) is 0.900. The maximum Gasteiger partial charge on any atom is 0.338 e. The van der Waals surface area contributed by atoms with Crippen LogP contribution in [0.3, 0.4) is 0 Å². The lowest BCUT2D eigenvalue weighted by Gasteiger charge is -2.21. The summed E-state index contributed by atoms with van der Waals surface area (Å²) in [6.07, 6.45) is 2.41. The van der Waals surface area contributed by atoms with E-state index in [-0.39, 0.29) is 11.6 Å². The largest absolute Gasteiger partial charge is 0.478 e. The van der Waals surface area contributed by atoms with E-state index >= 15 is 0 Å². The first kappa shape index (κ1) is 18.3. The Morgan fingerprint density at radius 2 is 1.79 bits per heavy atom. The molecule has 0 fully saturated rings. The van der Waals surface area contributed by atoms with Crippen molar-refractivity contribution in [3.63, 3.8) is 0 Å². The Morgan fingerprint density at radius 1 is 1.03 bits per heavy atom. The number of aromatic nitrogens is 4. The molecule has 4 rings (SSSR count). The van der Waals surface area contributed by atoms with Gasteiger partial charge in [-0.25, -0.2) is 24.7 Å². The molecule has 29 heavy (non-hydrogen) atoms. The third-order valence-electron chi connectivity index (χ3n) is 4.30. The monoisotopic (exact) mass is 387 g/mol. The molecule has 4 aromatic rings. The van der Waals surface area contributed by atoms with Gasteiger partial charge in [0.05, 0.1) is 11.1 Å². The van der Waals surface area contributed by atoms with E-state index in [9.17, 15) is 4.79 Å². The molecule has 0 radical (unpaired) electrons. The minimum Gasteiger partial charge on any atom is -0.478 e. The Hall–Kier alpha value is -4.07. The number of nitrogens with zero attached hydrogens (tertiary/aromatic N) is 5. The van der Waals surface area contributed by atoms with Crippen LogP contribution in [0, 0.1) is 6.92 Å². The van der Waals surface area contributed by atoms with E-state index in [0.717, 1.165) is 22.4 Å². The Kier molecular flexibility index (Phi) is 4.74. The number of para-hydroxylation sites is 1. The van der Waals surface area contributed by atoms with Crippen molar-refractivity contribution >= 4 is 28.4 Å². The molecule has 0 aliphatic carbocycles. The van der Waals surface area contributed by atoms with Gasteiger partial charge in [0.1, 0.15) is 17.4 Å². The lowest BCUT2D eigenvalue weighted by atomic mass is 10.2. The van der Waals surface area contributed by atoms with Crippen molar-refractivity contribution in [2.75, 3.05) is 11.9 Å². The van der Waals surface area contributed by atoms with Crippen LogP contribution in [-0.4, -0.2) is 38.1 Å². The first-order chi connectivity index (χ1) is 14.0. The zero-order chi connectivity index (χ0) is 20.4. The summed E-state index contributed by atoms with van der Waals surface area (Å²) in [7, 11) is 1.92. The second-order valence-electron chi connectivity index (χ2n) is 6.33. The number of aryl methyl sites for hydroxylation is 1. The Morgan fingerprint density at radius 3 is 2.55 bits per heavy atom. The van der Waals surface area contributed by atoms with Crippen molar-refractivity contribution in [3.05, 3.63) is 72.3 Å². The Balaban J connectivity index is 1.64. The number of ether oxygens (including phenoxy) is 1. The van der Waals surface area contributed by atoms with E-state index in [1.54, 1.807) is 6.07 Å². The van der Waals surface area contributed by atoms with Crippen molar-refractivity contribution in [3.8, 4) is 11.8 Å². The smallest absolute Gasteiger partial charge is 0.338 e. The molecule has 0 spiro atoms. The van der Waals surface area contributed by atoms with Gasteiger partial charge in [-0.15, -0.1) is 0 Å². The van der Waals surface area contributed by atoms with Crippen LogP contribution in [0.5, 0.6) is 11.8 Å². The van der Waals surface area contributed by atoms with Crippen LogP contribution < -0.4 is 9.64 Å². The molecule has 0 unspecified atom stereocenters. The number of hydrogen-bond acceptors (Lipinski definition) is 7. The van der Waals surface area contributed by atoms with Crippen molar-refractivity contribution in [1.29, 1.82) is 0 Å². The van der Waals surface area contributed by atoms with E-state index in [1.807, 2.05) is 61.3 Å². The zero-order valence-electron chi connectivity index (χ0n) is 15.8. The van der Waals surface area contributed by atoms with Crippen LogP contribution in [0.4, 0.5) is 11.5 Å². The van der Waals surface area contributed by atoms with E-state index < -0.39 is 5.97 Å². The number of carbonyl (C=O) groups is 1. The van der Waals surface area contributed by atoms with Gasteiger partial charge in [0.15, 0.2) is 0 Å². The van der Waals surface area contributed by atoms with Crippen LogP contribution in [0.25, 0.3) is 10.9 Å². The molecule has 2 aromatic carbocycles. The summed E-state index contributed by atoms with van der Waals surface area (Å²) in [6, 6.07) is 15.3. The number of carboxylic acids is 1. The van der Waals surface area contributed by atoms with Crippen molar-refractivity contribution < 1.29 is 14.6 Å².